The van der Waals surface area contributed by atoms with Crippen molar-refractivity contribution in [2.24, 2.45) is 0 Å². The Labute approximate surface area is 285 Å². The molecule has 9 aromatic rings. The lowest BCUT2D eigenvalue weighted by molar-refractivity contribution is 1.42. The number of aromatic nitrogens is 1. The van der Waals surface area contributed by atoms with Gasteiger partial charge in [-0.1, -0.05) is 144 Å². The van der Waals surface area contributed by atoms with E-state index in [1.165, 1.54) is 98.4 Å². The third kappa shape index (κ3) is 4.72. The highest BCUT2D eigenvalue weighted by Gasteiger charge is 2.22. The van der Waals surface area contributed by atoms with Gasteiger partial charge in [-0.05, 0) is 104 Å². The quantitative estimate of drug-likeness (QED) is 0.172. The van der Waals surface area contributed by atoms with Crippen LogP contribution in [-0.2, 0) is 0 Å². The van der Waals surface area contributed by atoms with E-state index in [1.807, 2.05) is 6.20 Å². The summed E-state index contributed by atoms with van der Waals surface area (Å²) in [6.45, 7) is 6.46. The highest BCUT2D eigenvalue weighted by atomic mass is 32.1. The predicted molar refractivity (Wildman–Crippen MR) is 207 cm³/mol. The molecule has 0 N–H and O–H groups in total. The SMILES string of the molecule is Cc1ccc(-c2cc(-c3ccc(C)cc3)c3ccc4c(-c5ncc(-c6ccccc6)s5)cc(-c5ccc(C)cc5)c5ccc2c3c54)cc1. The van der Waals surface area contributed by atoms with Gasteiger partial charge in [-0.3, -0.25) is 0 Å². The number of aryl methyl sites for hydroxylation is 3. The third-order valence-electron chi connectivity index (χ3n) is 9.78. The van der Waals surface area contributed by atoms with Crippen LogP contribution in [0.3, 0.4) is 0 Å². The molecule has 0 aliphatic rings. The first kappa shape index (κ1) is 28.6. The second kappa shape index (κ2) is 11.3. The first-order chi connectivity index (χ1) is 23.5. The van der Waals surface area contributed by atoms with Crippen LogP contribution in [0.1, 0.15) is 16.7 Å². The summed E-state index contributed by atoms with van der Waals surface area (Å²) < 4.78 is 0. The monoisotopic (exact) mass is 631 g/mol. The summed E-state index contributed by atoms with van der Waals surface area (Å²) in [5.74, 6) is 0. The molecule has 2 heteroatoms. The van der Waals surface area contributed by atoms with Gasteiger partial charge in [0.25, 0.3) is 0 Å². The molecule has 0 aliphatic carbocycles. The average molecular weight is 632 g/mol. The Bertz CT molecular complexity index is 2530. The zero-order valence-corrected chi connectivity index (χ0v) is 28.0. The molecule has 1 aromatic heterocycles. The maximum Gasteiger partial charge on any atom is 0.124 e. The first-order valence-electron chi connectivity index (χ1n) is 16.5. The van der Waals surface area contributed by atoms with E-state index in [2.05, 4.69) is 160 Å². The Morgan fingerprint density at radius 1 is 0.396 bits per heavy atom. The third-order valence-corrected chi connectivity index (χ3v) is 10.9. The summed E-state index contributed by atoms with van der Waals surface area (Å²) in [5, 5.41) is 8.72. The van der Waals surface area contributed by atoms with Gasteiger partial charge in [-0.15, -0.1) is 11.3 Å². The van der Waals surface area contributed by atoms with Crippen molar-refractivity contribution in [1.82, 2.24) is 4.98 Å². The lowest BCUT2D eigenvalue weighted by atomic mass is 9.82. The smallest absolute Gasteiger partial charge is 0.124 e. The number of benzene rings is 8. The van der Waals surface area contributed by atoms with Crippen LogP contribution in [0.2, 0.25) is 0 Å². The molecular formula is C46H33NS. The van der Waals surface area contributed by atoms with Crippen molar-refractivity contribution < 1.29 is 0 Å². The van der Waals surface area contributed by atoms with Gasteiger partial charge in [0.2, 0.25) is 0 Å². The fourth-order valence-corrected chi connectivity index (χ4v) is 8.17. The van der Waals surface area contributed by atoms with E-state index in [0.717, 1.165) is 5.01 Å². The van der Waals surface area contributed by atoms with Crippen LogP contribution in [0.4, 0.5) is 0 Å². The van der Waals surface area contributed by atoms with Crippen LogP contribution in [0, 0.1) is 20.8 Å². The zero-order valence-electron chi connectivity index (χ0n) is 27.2. The topological polar surface area (TPSA) is 12.9 Å². The van der Waals surface area contributed by atoms with Gasteiger partial charge < -0.3 is 0 Å². The van der Waals surface area contributed by atoms with Crippen molar-refractivity contribution in [3.8, 4) is 54.4 Å². The highest BCUT2D eigenvalue weighted by molar-refractivity contribution is 7.18. The molecule has 0 radical (unpaired) electrons. The molecular weight excluding hydrogens is 599 g/mol. The molecule has 1 heterocycles. The largest absolute Gasteiger partial charge is 0.244 e. The van der Waals surface area contributed by atoms with Crippen molar-refractivity contribution in [1.29, 1.82) is 0 Å². The Morgan fingerprint density at radius 3 is 1.23 bits per heavy atom. The molecule has 228 valence electrons. The fraction of sp³-hybridized carbons (Fsp3) is 0.0652. The fourth-order valence-electron chi connectivity index (χ4n) is 7.22. The van der Waals surface area contributed by atoms with Gasteiger partial charge in [-0.2, -0.15) is 0 Å². The minimum Gasteiger partial charge on any atom is -0.244 e. The minimum absolute atomic E-state index is 1.04. The summed E-state index contributed by atoms with van der Waals surface area (Å²) in [5.41, 5.74) is 13.6. The Morgan fingerprint density at radius 2 is 0.792 bits per heavy atom. The highest BCUT2D eigenvalue weighted by Crippen LogP contribution is 2.49. The normalized spacial score (nSPS) is 11.6. The van der Waals surface area contributed by atoms with E-state index >= 15 is 0 Å². The van der Waals surface area contributed by atoms with Crippen molar-refractivity contribution >= 4 is 43.7 Å². The van der Waals surface area contributed by atoms with E-state index in [4.69, 9.17) is 4.98 Å². The lowest BCUT2D eigenvalue weighted by Gasteiger charge is -2.21. The van der Waals surface area contributed by atoms with Crippen molar-refractivity contribution in [2.75, 3.05) is 0 Å². The molecule has 0 fully saturated rings. The van der Waals surface area contributed by atoms with Crippen LogP contribution in [0.25, 0.3) is 86.7 Å². The summed E-state index contributed by atoms with van der Waals surface area (Å²) in [6, 6.07) is 51.7. The number of hydrogen-bond acceptors (Lipinski definition) is 2. The number of thiazole rings is 1. The molecule has 0 aliphatic heterocycles. The molecule has 0 saturated carbocycles. The molecule has 8 aromatic carbocycles. The van der Waals surface area contributed by atoms with Crippen LogP contribution in [0.5, 0.6) is 0 Å². The summed E-state index contributed by atoms with van der Waals surface area (Å²) >= 11 is 1.77. The van der Waals surface area contributed by atoms with Gasteiger partial charge in [0.15, 0.2) is 0 Å². The Balaban J connectivity index is 1.42. The van der Waals surface area contributed by atoms with Gasteiger partial charge in [0, 0.05) is 11.8 Å². The molecule has 0 amide bonds. The molecule has 0 atom stereocenters. The number of hydrogen-bond donors (Lipinski definition) is 0. The maximum atomic E-state index is 5.06. The van der Waals surface area contributed by atoms with Crippen molar-refractivity contribution in [3.63, 3.8) is 0 Å². The summed E-state index contributed by atoms with van der Waals surface area (Å²) in [7, 11) is 0. The number of rotatable bonds is 5. The van der Waals surface area contributed by atoms with Gasteiger partial charge in [0.05, 0.1) is 4.88 Å². The van der Waals surface area contributed by atoms with Crippen LogP contribution in [0.15, 0.2) is 146 Å². The first-order valence-corrected chi connectivity index (χ1v) is 17.3. The maximum absolute atomic E-state index is 5.06. The molecule has 0 spiro atoms. The predicted octanol–water partition coefficient (Wildman–Crippen LogP) is 13.3. The average Bonchev–Trinajstić information content (AvgIpc) is 3.62. The zero-order chi connectivity index (χ0) is 32.4. The molecule has 0 unspecified atom stereocenters. The van der Waals surface area contributed by atoms with Gasteiger partial charge in [0.1, 0.15) is 5.01 Å². The standard InChI is InChI=1S/C46H33NS/c1-28-9-15-31(16-10-28)39-25-40(32-17-11-29(2)12-18-32)36-23-24-38-42(46-47-27-43(48-46)34-7-5-4-6-8-34)26-41(33-19-13-30(3)14-20-33)37-22-21-35(39)44(36)45(37)38/h4-27H,1-3H3. The van der Waals surface area contributed by atoms with E-state index in [1.54, 1.807) is 11.3 Å². The Hall–Kier alpha value is -5.57. The van der Waals surface area contributed by atoms with Gasteiger partial charge in [-0.25, -0.2) is 4.98 Å². The lowest BCUT2D eigenvalue weighted by Crippen LogP contribution is -1.94. The van der Waals surface area contributed by atoms with E-state index in [-0.39, 0.29) is 0 Å². The van der Waals surface area contributed by atoms with Crippen molar-refractivity contribution in [2.45, 2.75) is 20.8 Å². The number of nitrogens with zero attached hydrogens (tertiary/aromatic N) is 1. The van der Waals surface area contributed by atoms with Crippen LogP contribution >= 0.6 is 11.3 Å². The van der Waals surface area contributed by atoms with E-state index in [0.29, 0.717) is 0 Å². The van der Waals surface area contributed by atoms with E-state index in [9.17, 15) is 0 Å². The molecule has 9 rings (SSSR count). The van der Waals surface area contributed by atoms with Crippen LogP contribution in [-0.4, -0.2) is 4.98 Å². The molecule has 48 heavy (non-hydrogen) atoms. The van der Waals surface area contributed by atoms with E-state index < -0.39 is 0 Å². The molecule has 0 bridgehead atoms. The summed E-state index contributed by atoms with van der Waals surface area (Å²) in [6.07, 6.45) is 2.03. The van der Waals surface area contributed by atoms with Gasteiger partial charge >= 0.3 is 0 Å². The Kier molecular flexibility index (Phi) is 6.74. The molecule has 1 nitrogen and oxygen atoms in total. The van der Waals surface area contributed by atoms with Crippen LogP contribution < -0.4 is 0 Å². The second-order valence-corrected chi connectivity index (χ2v) is 14.0. The van der Waals surface area contributed by atoms with Crippen molar-refractivity contribution in [3.05, 3.63) is 162 Å². The summed E-state index contributed by atoms with van der Waals surface area (Å²) in [4.78, 5) is 6.24. The minimum atomic E-state index is 1.04. The second-order valence-electron chi connectivity index (χ2n) is 13.0. The molecule has 0 saturated heterocycles.